The highest BCUT2D eigenvalue weighted by molar-refractivity contribution is 9.10. The molecule has 4 heteroatoms. The van der Waals surface area contributed by atoms with Gasteiger partial charge in [0.2, 0.25) is 0 Å². The number of aryl methyl sites for hydroxylation is 1. The van der Waals surface area contributed by atoms with Gasteiger partial charge in [-0.1, -0.05) is 58.0 Å². The molecular formula is C17H17BrN2S. The predicted molar refractivity (Wildman–Crippen MR) is 96.3 cm³/mol. The quantitative estimate of drug-likeness (QED) is 0.842. The van der Waals surface area contributed by atoms with Gasteiger partial charge in [0, 0.05) is 15.9 Å². The Kier molecular flexibility index (Phi) is 4.66. The molecule has 21 heavy (non-hydrogen) atoms. The highest BCUT2D eigenvalue weighted by atomic mass is 79.9. The zero-order chi connectivity index (χ0) is 14.7. The summed E-state index contributed by atoms with van der Waals surface area (Å²) in [4.78, 5) is 4.79. The van der Waals surface area contributed by atoms with Gasteiger partial charge < -0.3 is 5.32 Å². The Morgan fingerprint density at radius 1 is 1.24 bits per heavy atom. The second-order valence-electron chi connectivity index (χ2n) is 5.23. The molecular weight excluding hydrogens is 344 g/mol. The van der Waals surface area contributed by atoms with Crippen molar-refractivity contribution in [2.75, 3.05) is 11.1 Å². The van der Waals surface area contributed by atoms with Crippen LogP contribution in [0.2, 0.25) is 0 Å². The monoisotopic (exact) mass is 360 g/mol. The molecule has 0 fully saturated rings. The Hall–Kier alpha value is -1.26. The van der Waals surface area contributed by atoms with Crippen molar-refractivity contribution in [3.63, 3.8) is 0 Å². The fourth-order valence-electron chi connectivity index (χ4n) is 2.41. The molecule has 2 nitrogen and oxygen atoms in total. The fraction of sp³-hybridized carbons (Fsp3) is 0.235. The van der Waals surface area contributed by atoms with Gasteiger partial charge >= 0.3 is 0 Å². The first kappa shape index (κ1) is 14.7. The second-order valence-corrected chi connectivity index (χ2v) is 7.16. The number of aliphatic imine (C=N–C) groups is 1. The van der Waals surface area contributed by atoms with Gasteiger partial charge in [0.1, 0.15) is 0 Å². The number of benzene rings is 2. The summed E-state index contributed by atoms with van der Waals surface area (Å²) in [5.74, 6) is 1.05. The first-order chi connectivity index (χ1) is 10.2. The molecule has 0 saturated heterocycles. The summed E-state index contributed by atoms with van der Waals surface area (Å²) in [5, 5.41) is 4.44. The molecule has 3 rings (SSSR count). The minimum atomic E-state index is 0.369. The third-order valence-corrected chi connectivity index (χ3v) is 4.81. The lowest BCUT2D eigenvalue weighted by Gasteiger charge is -2.07. The summed E-state index contributed by atoms with van der Waals surface area (Å²) in [6.45, 7) is 2.09. The SMILES string of the molecule is Cc1cc(Br)cc(NC2=NC(Cc3ccccc3)CS2)c1. The molecule has 0 spiro atoms. The van der Waals surface area contributed by atoms with Crippen molar-refractivity contribution < 1.29 is 0 Å². The number of nitrogens with one attached hydrogen (secondary N) is 1. The van der Waals surface area contributed by atoms with E-state index in [-0.39, 0.29) is 0 Å². The van der Waals surface area contributed by atoms with Crippen LogP contribution in [0.15, 0.2) is 58.0 Å². The third kappa shape index (κ3) is 4.11. The van der Waals surface area contributed by atoms with Gasteiger partial charge in [-0.05, 0) is 42.7 Å². The average Bonchev–Trinajstić information content (AvgIpc) is 2.86. The number of halogens is 1. The topological polar surface area (TPSA) is 24.4 Å². The number of hydrogen-bond acceptors (Lipinski definition) is 3. The van der Waals surface area contributed by atoms with Gasteiger partial charge in [-0.3, -0.25) is 4.99 Å². The maximum Gasteiger partial charge on any atom is 0.161 e. The van der Waals surface area contributed by atoms with E-state index < -0.39 is 0 Å². The molecule has 0 saturated carbocycles. The number of thioether (sulfide) groups is 1. The number of nitrogens with zero attached hydrogens (tertiary/aromatic N) is 1. The largest absolute Gasteiger partial charge is 0.335 e. The summed E-state index contributed by atoms with van der Waals surface area (Å²) in [6.07, 6.45) is 1.01. The number of hydrogen-bond donors (Lipinski definition) is 1. The van der Waals surface area contributed by atoms with Crippen LogP contribution in [0.1, 0.15) is 11.1 Å². The van der Waals surface area contributed by atoms with Crippen molar-refractivity contribution in [3.8, 4) is 0 Å². The minimum Gasteiger partial charge on any atom is -0.335 e. The van der Waals surface area contributed by atoms with Crippen molar-refractivity contribution in [1.29, 1.82) is 0 Å². The van der Waals surface area contributed by atoms with Crippen molar-refractivity contribution >= 4 is 38.5 Å². The van der Waals surface area contributed by atoms with E-state index in [0.717, 1.165) is 27.5 Å². The third-order valence-electron chi connectivity index (χ3n) is 3.32. The van der Waals surface area contributed by atoms with Crippen molar-refractivity contribution in [1.82, 2.24) is 0 Å². The molecule has 1 unspecified atom stereocenters. The standard InChI is InChI=1S/C17H17BrN2S/c1-12-7-14(18)10-15(8-12)19-17-20-16(11-21-17)9-13-5-3-2-4-6-13/h2-8,10,16H,9,11H2,1H3,(H,19,20). The average molecular weight is 361 g/mol. The predicted octanol–water partition coefficient (Wildman–Crippen LogP) is 4.88. The van der Waals surface area contributed by atoms with Crippen LogP contribution < -0.4 is 5.32 Å². The van der Waals surface area contributed by atoms with E-state index in [4.69, 9.17) is 4.99 Å². The van der Waals surface area contributed by atoms with Gasteiger partial charge in [-0.15, -0.1) is 0 Å². The normalized spacial score (nSPS) is 17.6. The van der Waals surface area contributed by atoms with E-state index in [0.29, 0.717) is 6.04 Å². The Morgan fingerprint density at radius 2 is 2.05 bits per heavy atom. The molecule has 108 valence electrons. The summed E-state index contributed by atoms with van der Waals surface area (Å²) in [7, 11) is 0. The van der Waals surface area contributed by atoms with Gasteiger partial charge in [0.25, 0.3) is 0 Å². The lowest BCUT2D eigenvalue weighted by Crippen LogP contribution is -2.08. The van der Waals surface area contributed by atoms with Crippen LogP contribution in [-0.4, -0.2) is 17.0 Å². The fourth-order valence-corrected chi connectivity index (χ4v) is 3.97. The molecule has 1 aliphatic heterocycles. The van der Waals surface area contributed by atoms with Crippen molar-refractivity contribution in [3.05, 3.63) is 64.1 Å². The van der Waals surface area contributed by atoms with E-state index >= 15 is 0 Å². The molecule has 2 aromatic rings. The molecule has 1 heterocycles. The molecule has 0 bridgehead atoms. The van der Waals surface area contributed by atoms with Gasteiger partial charge in [-0.25, -0.2) is 0 Å². The Labute approximate surface area is 138 Å². The smallest absolute Gasteiger partial charge is 0.161 e. The summed E-state index contributed by atoms with van der Waals surface area (Å²) < 4.78 is 1.09. The zero-order valence-electron chi connectivity index (χ0n) is 11.8. The molecule has 1 atom stereocenters. The zero-order valence-corrected chi connectivity index (χ0v) is 14.2. The Morgan fingerprint density at radius 3 is 2.81 bits per heavy atom. The van der Waals surface area contributed by atoms with Crippen LogP contribution in [-0.2, 0) is 6.42 Å². The molecule has 0 radical (unpaired) electrons. The van der Waals surface area contributed by atoms with Gasteiger partial charge in [0.05, 0.1) is 6.04 Å². The van der Waals surface area contributed by atoms with Crippen molar-refractivity contribution in [2.45, 2.75) is 19.4 Å². The van der Waals surface area contributed by atoms with Crippen LogP contribution in [0.5, 0.6) is 0 Å². The van der Waals surface area contributed by atoms with Crippen LogP contribution in [0.3, 0.4) is 0 Å². The number of rotatable bonds is 3. The first-order valence-electron chi connectivity index (χ1n) is 6.98. The highest BCUT2D eigenvalue weighted by Gasteiger charge is 2.18. The summed E-state index contributed by atoms with van der Waals surface area (Å²) in [6, 6.07) is 17.3. The molecule has 0 aliphatic carbocycles. The maximum atomic E-state index is 4.79. The number of anilines is 1. The summed E-state index contributed by atoms with van der Waals surface area (Å²) in [5.41, 5.74) is 3.68. The maximum absolute atomic E-state index is 4.79. The van der Waals surface area contributed by atoms with Crippen LogP contribution in [0.25, 0.3) is 0 Å². The van der Waals surface area contributed by atoms with Crippen LogP contribution in [0, 0.1) is 6.92 Å². The Bertz CT molecular complexity index is 635. The molecule has 1 aliphatic rings. The molecule has 0 aromatic heterocycles. The van der Waals surface area contributed by atoms with E-state index in [1.165, 1.54) is 11.1 Å². The second kappa shape index (κ2) is 6.67. The van der Waals surface area contributed by atoms with E-state index in [1.807, 2.05) is 0 Å². The van der Waals surface area contributed by atoms with Crippen molar-refractivity contribution in [2.24, 2.45) is 4.99 Å². The van der Waals surface area contributed by atoms with E-state index in [2.05, 4.69) is 76.7 Å². The number of amidine groups is 1. The van der Waals surface area contributed by atoms with Crippen LogP contribution in [0.4, 0.5) is 5.69 Å². The summed E-state index contributed by atoms with van der Waals surface area (Å²) >= 11 is 5.33. The van der Waals surface area contributed by atoms with E-state index in [1.54, 1.807) is 11.8 Å². The van der Waals surface area contributed by atoms with Gasteiger partial charge in [0.15, 0.2) is 5.17 Å². The molecule has 0 amide bonds. The first-order valence-corrected chi connectivity index (χ1v) is 8.75. The lowest BCUT2D eigenvalue weighted by atomic mass is 10.1. The van der Waals surface area contributed by atoms with Gasteiger partial charge in [-0.2, -0.15) is 0 Å². The molecule has 1 N–H and O–H groups in total. The van der Waals surface area contributed by atoms with Crippen LogP contribution >= 0.6 is 27.7 Å². The van der Waals surface area contributed by atoms with E-state index in [9.17, 15) is 0 Å². The Balaban J connectivity index is 1.66. The highest BCUT2D eigenvalue weighted by Crippen LogP contribution is 2.25. The minimum absolute atomic E-state index is 0.369. The lowest BCUT2D eigenvalue weighted by molar-refractivity contribution is 0.762. The molecule has 2 aromatic carbocycles.